The van der Waals surface area contributed by atoms with E-state index in [4.69, 9.17) is 14.2 Å². The van der Waals surface area contributed by atoms with Crippen LogP contribution < -0.4 is 39.4 Å². The van der Waals surface area contributed by atoms with E-state index >= 15 is 0 Å². The first kappa shape index (κ1) is 53.5. The van der Waals surface area contributed by atoms with Crippen LogP contribution in [0, 0.1) is 11.6 Å². The molecule has 13 nitrogen and oxygen atoms in total. The standard InChI is InChI=1S/C27H30FN3O3.C27H28FN3O3.CH4O.B.Na.H/c2*28-21-4-5-22-24(16-21)34-29-26(22)17-7-11-30(12-8-17)13-9-23(32)20-14-18-2-1-10-31-25(33)6-3-19(15-20)27(18)31;1-2;;;/h4-5,14-17,23,32H,1-3,6-13H2;4-5,14-17H,1-3,6-13H2;2H,1H3;;;/q;;;;+1;-1. The van der Waals surface area contributed by atoms with Crippen LogP contribution in [0.3, 0.4) is 0 Å². The van der Waals surface area contributed by atoms with Crippen molar-refractivity contribution < 1.29 is 73.4 Å². The van der Waals surface area contributed by atoms with E-state index in [9.17, 15) is 28.3 Å². The summed E-state index contributed by atoms with van der Waals surface area (Å²) in [5.41, 5.74) is 11.6. The second-order valence-corrected chi connectivity index (χ2v) is 19.8. The number of aromatic nitrogens is 2. The third-order valence-corrected chi connectivity index (χ3v) is 15.5. The Morgan fingerprint density at radius 3 is 1.60 bits per heavy atom. The number of carbonyl (C=O) groups is 3. The molecule has 12 rings (SSSR count). The van der Waals surface area contributed by atoms with Crippen LogP contribution in [0.4, 0.5) is 20.2 Å². The Kier molecular flexibility index (Phi) is 17.5. The number of halogens is 2. The van der Waals surface area contributed by atoms with Gasteiger partial charge in [0, 0.05) is 101 Å². The minimum Gasteiger partial charge on any atom is -1.00 e. The number of nitrogens with zero attached hydrogens (tertiary/aromatic N) is 6. The largest absolute Gasteiger partial charge is 1.00 e. The van der Waals surface area contributed by atoms with Gasteiger partial charge in [-0.05, 0) is 161 Å². The van der Waals surface area contributed by atoms with E-state index in [1.165, 1.54) is 35.4 Å². The summed E-state index contributed by atoms with van der Waals surface area (Å²) < 4.78 is 37.6. The number of benzene rings is 4. The van der Waals surface area contributed by atoms with Gasteiger partial charge in [-0.3, -0.25) is 14.4 Å². The van der Waals surface area contributed by atoms with Crippen LogP contribution in [-0.4, -0.2) is 116 Å². The van der Waals surface area contributed by atoms with Crippen LogP contribution in [0.15, 0.2) is 69.7 Å². The van der Waals surface area contributed by atoms with E-state index in [-0.39, 0.29) is 74.5 Å². The van der Waals surface area contributed by atoms with E-state index in [0.717, 1.165) is 179 Å². The number of aliphatic hydroxyl groups excluding tert-OH is 2. The van der Waals surface area contributed by atoms with Crippen LogP contribution in [0.5, 0.6) is 0 Å². The Labute approximate surface area is 444 Å². The number of carbonyl (C=O) groups excluding carboxylic acids is 3. The average Bonchev–Trinajstić information content (AvgIpc) is 4.02. The fourth-order valence-corrected chi connectivity index (χ4v) is 11.9. The number of aliphatic hydroxyl groups is 2. The Bertz CT molecular complexity index is 2890. The van der Waals surface area contributed by atoms with Gasteiger partial charge in [0.15, 0.2) is 16.9 Å². The topological polar surface area (TPSA) is 157 Å². The second kappa shape index (κ2) is 23.6. The zero-order chi connectivity index (χ0) is 48.5. The maximum Gasteiger partial charge on any atom is 1.00 e. The van der Waals surface area contributed by atoms with E-state index in [2.05, 4.69) is 32.2 Å². The van der Waals surface area contributed by atoms with Gasteiger partial charge in [0.2, 0.25) is 11.8 Å². The van der Waals surface area contributed by atoms with Crippen LogP contribution in [0.25, 0.3) is 21.9 Å². The van der Waals surface area contributed by atoms with Crippen molar-refractivity contribution in [3.63, 3.8) is 0 Å². The van der Waals surface area contributed by atoms with Crippen molar-refractivity contribution in [3.8, 4) is 0 Å². The number of Topliss-reactive ketones (excluding diaryl/α,β-unsaturated/α-hetero) is 1. The molecule has 17 heteroatoms. The fraction of sp³-hybridized carbons (Fsp3) is 0.473. The van der Waals surface area contributed by atoms with Gasteiger partial charge in [0.1, 0.15) is 11.6 Å². The molecular weight excluding hydrogens is 928 g/mol. The monoisotopic (exact) mass is 991 g/mol. The van der Waals surface area contributed by atoms with Crippen LogP contribution in [-0.2, 0) is 35.3 Å². The quantitative estimate of drug-likeness (QED) is 0.132. The molecule has 2 aromatic heterocycles. The zero-order valence-electron chi connectivity index (χ0n) is 42.5. The molecule has 0 spiro atoms. The minimum absolute atomic E-state index is 0. The second-order valence-electron chi connectivity index (χ2n) is 19.8. The molecule has 373 valence electrons. The summed E-state index contributed by atoms with van der Waals surface area (Å²) in [4.78, 5) is 46.3. The molecule has 0 bridgehead atoms. The fourth-order valence-electron chi connectivity index (χ4n) is 11.9. The van der Waals surface area contributed by atoms with Crippen molar-refractivity contribution in [3.05, 3.63) is 117 Å². The Morgan fingerprint density at radius 1 is 0.653 bits per heavy atom. The average molecular weight is 992 g/mol. The normalized spacial score (nSPS) is 18.5. The molecule has 3 radical (unpaired) electrons. The van der Waals surface area contributed by atoms with Gasteiger partial charge >= 0.3 is 29.6 Å². The molecule has 4 aromatic carbocycles. The first-order chi connectivity index (χ1) is 34.1. The Hall–Kier alpha value is -4.81. The zero-order valence-corrected chi connectivity index (χ0v) is 43.5. The van der Waals surface area contributed by atoms with E-state index < -0.39 is 6.10 Å². The van der Waals surface area contributed by atoms with Crippen molar-refractivity contribution >= 4 is 59.3 Å². The van der Waals surface area contributed by atoms with Crippen LogP contribution >= 0.6 is 0 Å². The van der Waals surface area contributed by atoms with Crippen molar-refractivity contribution in [2.75, 3.05) is 69.3 Å². The van der Waals surface area contributed by atoms with E-state index in [0.29, 0.717) is 42.8 Å². The van der Waals surface area contributed by atoms with Gasteiger partial charge in [-0.1, -0.05) is 22.4 Å². The Morgan fingerprint density at radius 2 is 1.10 bits per heavy atom. The summed E-state index contributed by atoms with van der Waals surface area (Å²) >= 11 is 0. The third kappa shape index (κ3) is 11.2. The number of amides is 2. The molecule has 2 fully saturated rings. The Balaban J connectivity index is 0.000000199. The molecule has 1 unspecified atom stereocenters. The summed E-state index contributed by atoms with van der Waals surface area (Å²) in [6.45, 7) is 6.89. The molecule has 2 amide bonds. The summed E-state index contributed by atoms with van der Waals surface area (Å²) in [7, 11) is 1.00. The number of rotatable bonds is 10. The maximum atomic E-state index is 13.4. The molecule has 6 aromatic rings. The van der Waals surface area contributed by atoms with Crippen molar-refractivity contribution in [1.82, 2.24) is 20.1 Å². The molecule has 0 saturated carbocycles. The number of fused-ring (bicyclic) bond motifs is 2. The summed E-state index contributed by atoms with van der Waals surface area (Å²) in [5.74, 6) is 0.601. The number of piperidine rings is 2. The van der Waals surface area contributed by atoms with Crippen molar-refractivity contribution in [2.45, 2.75) is 108 Å². The molecule has 6 aliphatic rings. The van der Waals surface area contributed by atoms with Gasteiger partial charge in [-0.15, -0.1) is 0 Å². The third-order valence-electron chi connectivity index (χ3n) is 15.5. The predicted octanol–water partition coefficient (Wildman–Crippen LogP) is 5.48. The summed E-state index contributed by atoms with van der Waals surface area (Å²) in [5, 5.41) is 28.3. The summed E-state index contributed by atoms with van der Waals surface area (Å²) in [6, 6.07) is 17.5. The minimum atomic E-state index is -0.498. The van der Waals surface area contributed by atoms with Gasteiger partial charge in [0.25, 0.3) is 0 Å². The number of anilines is 2. The first-order valence-electron chi connectivity index (χ1n) is 25.3. The molecule has 0 aliphatic carbocycles. The van der Waals surface area contributed by atoms with Crippen LogP contribution in [0.1, 0.15) is 133 Å². The first-order valence-corrected chi connectivity index (χ1v) is 25.3. The SMILES string of the molecule is CO.O=C(CCN1CCC(c2noc3cc(F)ccc23)CC1)c1cc2c3c(c1)CCC(=O)N3CCC2.O=C1CCc2cc(C(O)CCN3CCC(c4noc5cc(F)ccc45)CC3)cc3c2N1CCC3.[B].[H-].[Na+]. The van der Waals surface area contributed by atoms with E-state index in [1.807, 2.05) is 21.9 Å². The van der Waals surface area contributed by atoms with Gasteiger partial charge in [-0.25, -0.2) is 8.78 Å². The number of hydrogen-bond donors (Lipinski definition) is 2. The number of ketones is 1. The molecule has 2 N–H and O–H groups in total. The molecule has 6 aliphatic heterocycles. The molecule has 2 saturated heterocycles. The maximum absolute atomic E-state index is 13.4. The smallest absolute Gasteiger partial charge is 1.00 e. The van der Waals surface area contributed by atoms with Gasteiger partial charge in [0.05, 0.1) is 28.9 Å². The summed E-state index contributed by atoms with van der Waals surface area (Å²) in [6.07, 6.45) is 11.0. The molecule has 72 heavy (non-hydrogen) atoms. The van der Waals surface area contributed by atoms with Gasteiger partial charge in [-0.2, -0.15) is 0 Å². The number of likely N-dealkylation sites (tertiary alicyclic amines) is 2. The number of aryl methyl sites for hydroxylation is 4. The molecule has 1 atom stereocenters. The molecular formula is C55H63BF2N6NaO7. The molecule has 8 heterocycles. The van der Waals surface area contributed by atoms with Crippen molar-refractivity contribution in [2.24, 2.45) is 0 Å². The van der Waals surface area contributed by atoms with Gasteiger partial charge < -0.3 is 40.3 Å². The predicted molar refractivity (Wildman–Crippen MR) is 269 cm³/mol. The number of hydrogen-bond acceptors (Lipinski definition) is 11. The van der Waals surface area contributed by atoms with E-state index in [1.54, 1.807) is 12.1 Å². The van der Waals surface area contributed by atoms with Crippen molar-refractivity contribution in [1.29, 1.82) is 0 Å². The van der Waals surface area contributed by atoms with Crippen LogP contribution in [0.2, 0.25) is 0 Å².